The Morgan fingerprint density at radius 1 is 0.391 bits per heavy atom. The number of aromatic nitrogens is 1. The van der Waals surface area contributed by atoms with E-state index in [0.717, 1.165) is 11.4 Å². The van der Waals surface area contributed by atoms with Crippen molar-refractivity contribution in [1.82, 2.24) is 4.98 Å². The van der Waals surface area contributed by atoms with Crippen molar-refractivity contribution < 1.29 is 9.15 Å². The van der Waals surface area contributed by atoms with Gasteiger partial charge in [0.05, 0.1) is 16.5 Å². The summed E-state index contributed by atoms with van der Waals surface area (Å²) in [7, 11) is 2.09. The smallest absolute Gasteiger partial charge is 0.260 e. The molecule has 0 fully saturated rings. The zero-order valence-corrected chi connectivity index (χ0v) is 35.7. The van der Waals surface area contributed by atoms with Gasteiger partial charge < -0.3 is 0 Å². The van der Waals surface area contributed by atoms with Gasteiger partial charge in [0.2, 0.25) is 0 Å². The standard InChI is InChI=1S/C61H43N3/c1-41-39-64(40-63(41)2)61(56-33-13-7-27-50(56)51-28-8-14-34-57(51)61)45-22-18-20-43(38-45)59(52-29-9-3-23-46(52)47-24-4-10-30-53(47)59)42-19-17-21-44(37-42)60(58-35-15-16-36-62-58)54-31-11-5-25-48(54)49-26-6-12-32-55(49)60/h3-39H,1-2H3/q+2. The van der Waals surface area contributed by atoms with Gasteiger partial charge in [-0.25, -0.2) is 0 Å². The number of allylic oxidation sites excluding steroid dienone is 1. The Kier molecular flexibility index (Phi) is 7.74. The summed E-state index contributed by atoms with van der Waals surface area (Å²) in [5, 5.41) is 0. The first-order valence-electron chi connectivity index (χ1n) is 22.3. The van der Waals surface area contributed by atoms with Crippen molar-refractivity contribution in [2.75, 3.05) is 7.05 Å². The Morgan fingerprint density at radius 2 is 0.766 bits per heavy atom. The van der Waals surface area contributed by atoms with E-state index in [0.29, 0.717) is 0 Å². The van der Waals surface area contributed by atoms with Gasteiger partial charge in [-0.3, -0.25) is 4.98 Å². The molecule has 8 aromatic carbocycles. The Balaban J connectivity index is 1.14. The van der Waals surface area contributed by atoms with E-state index in [1.54, 1.807) is 0 Å². The molecule has 0 bridgehead atoms. The number of fused-ring (bicyclic) bond motifs is 9. The Hall–Kier alpha value is -7.97. The second kappa shape index (κ2) is 13.5. The van der Waals surface area contributed by atoms with Crippen LogP contribution in [0.25, 0.3) is 33.4 Å². The fourth-order valence-corrected chi connectivity index (χ4v) is 12.2. The van der Waals surface area contributed by atoms with Crippen molar-refractivity contribution in [3.8, 4) is 33.4 Å². The van der Waals surface area contributed by atoms with Gasteiger partial charge in [0.25, 0.3) is 17.4 Å². The first kappa shape index (κ1) is 36.7. The molecule has 0 atom stereocenters. The molecular formula is C61H43N3+2. The maximum Gasteiger partial charge on any atom is 0.490 e. The molecule has 0 spiro atoms. The lowest BCUT2D eigenvalue weighted by molar-refractivity contribution is -0.533. The normalized spacial score (nSPS) is 16.1. The van der Waals surface area contributed by atoms with E-state index in [1.807, 2.05) is 12.3 Å². The summed E-state index contributed by atoms with van der Waals surface area (Å²) < 4.78 is 4.45. The highest BCUT2D eigenvalue weighted by molar-refractivity contribution is 5.89. The minimum Gasteiger partial charge on any atom is -0.260 e. The van der Waals surface area contributed by atoms with Crippen molar-refractivity contribution in [3.05, 3.63) is 292 Å². The minimum absolute atomic E-state index is 0.649. The molecule has 0 saturated heterocycles. The van der Waals surface area contributed by atoms with Crippen molar-refractivity contribution in [1.29, 1.82) is 0 Å². The summed E-state index contributed by atoms with van der Waals surface area (Å²) in [4.78, 5) is 5.21. The lowest BCUT2D eigenvalue weighted by atomic mass is 9.64. The third kappa shape index (κ3) is 4.59. The van der Waals surface area contributed by atoms with Gasteiger partial charge in [-0.2, -0.15) is 0 Å². The molecule has 0 unspecified atom stereocenters. The number of hydrogen-bond acceptors (Lipinski definition) is 1. The van der Waals surface area contributed by atoms with Gasteiger partial charge in [0.15, 0.2) is 7.05 Å². The number of benzene rings is 8. The van der Waals surface area contributed by atoms with Gasteiger partial charge in [-0.05, 0) is 90.5 Å². The highest BCUT2D eigenvalue weighted by Crippen LogP contribution is 2.60. The third-order valence-electron chi connectivity index (χ3n) is 14.8. The van der Waals surface area contributed by atoms with Crippen LogP contribution in [0.4, 0.5) is 0 Å². The molecule has 3 aliphatic carbocycles. The molecule has 9 aromatic rings. The minimum atomic E-state index is -0.684. The number of nitrogens with zero attached hydrogens (tertiary/aromatic N) is 3. The average molecular weight is 818 g/mol. The summed E-state index contributed by atoms with van der Waals surface area (Å²) in [6.07, 6.45) is 4.21. The fraction of sp³-hybridized carbons (Fsp3) is 0.0820. The molecule has 1 aromatic heterocycles. The average Bonchev–Trinajstić information content (AvgIpc) is 4.06. The second-order valence-corrected chi connectivity index (χ2v) is 17.7. The van der Waals surface area contributed by atoms with Gasteiger partial charge in [0.1, 0.15) is 0 Å². The quantitative estimate of drug-likeness (QED) is 0.153. The molecule has 0 saturated carbocycles. The van der Waals surface area contributed by atoms with E-state index in [4.69, 9.17) is 4.98 Å². The van der Waals surface area contributed by atoms with Crippen LogP contribution in [0.1, 0.15) is 68.3 Å². The monoisotopic (exact) mass is 817 g/mol. The lowest BCUT2D eigenvalue weighted by Crippen LogP contribution is -2.38. The highest BCUT2D eigenvalue weighted by Gasteiger charge is 2.57. The maximum absolute atomic E-state index is 5.21. The molecule has 300 valence electrons. The Labute approximate surface area is 374 Å². The first-order valence-corrected chi connectivity index (χ1v) is 22.3. The maximum atomic E-state index is 5.21. The molecular weight excluding hydrogens is 775 g/mol. The van der Waals surface area contributed by atoms with Crippen LogP contribution in [-0.4, -0.2) is 27.2 Å². The zero-order chi connectivity index (χ0) is 42.6. The van der Waals surface area contributed by atoms with Gasteiger partial charge >= 0.3 is 6.01 Å². The van der Waals surface area contributed by atoms with E-state index in [9.17, 15) is 0 Å². The molecule has 0 N–H and O–H groups in total. The highest BCUT2D eigenvalue weighted by atomic mass is 15.2. The number of rotatable bonds is 6. The topological polar surface area (TPSA) is 18.9 Å². The van der Waals surface area contributed by atoms with Crippen molar-refractivity contribution in [3.63, 3.8) is 0 Å². The van der Waals surface area contributed by atoms with Crippen molar-refractivity contribution in [2.24, 2.45) is 0 Å². The van der Waals surface area contributed by atoms with Crippen LogP contribution in [0.15, 0.2) is 230 Å². The van der Waals surface area contributed by atoms with Crippen molar-refractivity contribution >= 4 is 6.01 Å². The molecule has 2 heterocycles. The van der Waals surface area contributed by atoms with E-state index < -0.39 is 16.4 Å². The first-order chi connectivity index (χ1) is 31.6. The van der Waals surface area contributed by atoms with Crippen LogP contribution in [0.3, 0.4) is 0 Å². The number of hydrogen-bond donors (Lipinski definition) is 0. The van der Waals surface area contributed by atoms with E-state index >= 15 is 0 Å². The summed E-state index contributed by atoms with van der Waals surface area (Å²) in [6, 6.07) is 83.1. The lowest BCUT2D eigenvalue weighted by Gasteiger charge is -2.37. The van der Waals surface area contributed by atoms with Gasteiger partial charge in [-0.15, -0.1) is 0 Å². The van der Waals surface area contributed by atoms with Crippen LogP contribution in [0, 0.1) is 0 Å². The van der Waals surface area contributed by atoms with Gasteiger partial charge in [0, 0.05) is 29.8 Å². The molecule has 3 heteroatoms. The second-order valence-electron chi connectivity index (χ2n) is 17.7. The molecule has 0 radical (unpaired) electrons. The van der Waals surface area contributed by atoms with Crippen LogP contribution in [0.5, 0.6) is 0 Å². The Morgan fingerprint density at radius 3 is 1.20 bits per heavy atom. The van der Waals surface area contributed by atoms with Crippen molar-refractivity contribution in [2.45, 2.75) is 23.3 Å². The molecule has 3 nitrogen and oxygen atoms in total. The fourth-order valence-electron chi connectivity index (χ4n) is 12.2. The summed E-state index contributed by atoms with van der Waals surface area (Å²) in [5.41, 5.74) is 20.0. The van der Waals surface area contributed by atoms with Crippen LogP contribution in [-0.2, 0) is 16.4 Å². The Bertz CT molecular complexity index is 3390. The van der Waals surface area contributed by atoms with Gasteiger partial charge in [-0.1, -0.05) is 203 Å². The molecule has 0 amide bonds. The van der Waals surface area contributed by atoms with E-state index in [-0.39, 0.29) is 0 Å². The third-order valence-corrected chi connectivity index (χ3v) is 14.8. The molecule has 64 heavy (non-hydrogen) atoms. The largest absolute Gasteiger partial charge is 0.490 e. The van der Waals surface area contributed by atoms with E-state index in [2.05, 4.69) is 242 Å². The zero-order valence-electron chi connectivity index (χ0n) is 35.7. The van der Waals surface area contributed by atoms with Crippen LogP contribution in [0.2, 0.25) is 0 Å². The summed E-state index contributed by atoms with van der Waals surface area (Å²) in [6.45, 7) is 2.16. The number of pyridine rings is 1. The molecule has 1 aliphatic heterocycles. The molecule has 4 aliphatic rings. The molecule has 13 rings (SSSR count). The summed E-state index contributed by atoms with van der Waals surface area (Å²) >= 11 is 0. The van der Waals surface area contributed by atoms with Crippen LogP contribution < -0.4 is 0 Å². The predicted octanol–water partition coefficient (Wildman–Crippen LogP) is 12.8. The summed E-state index contributed by atoms with van der Waals surface area (Å²) in [5.74, 6) is 0. The predicted molar refractivity (Wildman–Crippen MR) is 256 cm³/mol. The van der Waals surface area contributed by atoms with E-state index in [1.165, 1.54) is 89.0 Å². The van der Waals surface area contributed by atoms with Crippen LogP contribution >= 0.6 is 0 Å². The SMILES string of the molecule is CC1=C[N+](C2(c3cccc(C4(c5cccc(C6(c7ccccn7)c7ccccc7-c7ccccc76)c5)c5ccccc5-c5ccccc54)c3)c3ccccc3-c3ccccc32)=C=[N+]1C.